The highest BCUT2D eigenvalue weighted by Crippen LogP contribution is 2.03. The lowest BCUT2D eigenvalue weighted by Gasteiger charge is -2.12. The molecule has 0 saturated carbocycles. The van der Waals surface area contributed by atoms with Crippen LogP contribution in [0.15, 0.2) is 24.3 Å². The second-order valence-corrected chi connectivity index (χ2v) is 4.15. The Balaban J connectivity index is 2.22. The van der Waals surface area contributed by atoms with E-state index >= 15 is 0 Å². The average molecular weight is 206 g/mol. The Labute approximate surface area is 93.1 Å². The third-order valence-corrected chi connectivity index (χ3v) is 2.54. The molecule has 84 valence electrons. The fourth-order valence-electron chi connectivity index (χ4n) is 1.60. The Kier molecular flexibility index (Phi) is 5.37. The molecule has 1 atom stereocenters. The Morgan fingerprint density at radius 1 is 1.20 bits per heavy atom. The molecule has 1 aromatic carbocycles. The Morgan fingerprint density at radius 2 is 1.87 bits per heavy atom. The van der Waals surface area contributed by atoms with Gasteiger partial charge in [-0.05, 0) is 39.4 Å². The first-order valence-electron chi connectivity index (χ1n) is 5.66. The van der Waals surface area contributed by atoms with Crippen molar-refractivity contribution in [3.63, 3.8) is 0 Å². The van der Waals surface area contributed by atoms with E-state index in [0.29, 0.717) is 6.04 Å². The van der Waals surface area contributed by atoms with E-state index in [4.69, 9.17) is 0 Å². The third kappa shape index (κ3) is 4.96. The van der Waals surface area contributed by atoms with Crippen LogP contribution in [0.25, 0.3) is 0 Å². The highest BCUT2D eigenvalue weighted by Gasteiger charge is 1.98. The number of likely N-dealkylation sites (N-methyl/N-ethyl adjacent to an activating group) is 1. The summed E-state index contributed by atoms with van der Waals surface area (Å²) in [6.07, 6.45) is 1.11. The summed E-state index contributed by atoms with van der Waals surface area (Å²) in [7, 11) is 1.98. The first-order chi connectivity index (χ1) is 7.22. The van der Waals surface area contributed by atoms with Gasteiger partial charge in [0.25, 0.3) is 0 Å². The Morgan fingerprint density at radius 3 is 2.47 bits per heavy atom. The van der Waals surface area contributed by atoms with Crippen LogP contribution in [0.2, 0.25) is 0 Å². The summed E-state index contributed by atoms with van der Waals surface area (Å²) in [5, 5.41) is 6.65. The average Bonchev–Trinajstić information content (AvgIpc) is 2.21. The molecule has 0 aliphatic carbocycles. The molecule has 1 aromatic rings. The minimum Gasteiger partial charge on any atom is -0.318 e. The fraction of sp³-hybridized carbons (Fsp3) is 0.538. The van der Waals surface area contributed by atoms with Gasteiger partial charge in [-0.15, -0.1) is 0 Å². The predicted octanol–water partition coefficient (Wildman–Crippen LogP) is 1.74. The monoisotopic (exact) mass is 206 g/mol. The highest BCUT2D eigenvalue weighted by molar-refractivity contribution is 5.21. The van der Waals surface area contributed by atoms with Gasteiger partial charge in [-0.3, -0.25) is 0 Å². The molecule has 0 aromatic heterocycles. The first-order valence-corrected chi connectivity index (χ1v) is 5.66. The molecule has 0 bridgehead atoms. The number of nitrogens with one attached hydrogen (secondary N) is 2. The summed E-state index contributed by atoms with van der Waals surface area (Å²) in [4.78, 5) is 0. The number of aryl methyl sites for hydroxylation is 1. The van der Waals surface area contributed by atoms with Gasteiger partial charge in [0.2, 0.25) is 0 Å². The standard InChI is InChI=1S/C13H22N2/c1-11-4-6-13(7-5-11)8-9-15-12(2)10-14-3/h4-7,12,14-15H,8-10H2,1-3H3. The number of benzene rings is 1. The van der Waals surface area contributed by atoms with Crippen LogP contribution in [-0.4, -0.2) is 26.2 Å². The smallest absolute Gasteiger partial charge is 0.0164 e. The van der Waals surface area contributed by atoms with Crippen LogP contribution in [0.3, 0.4) is 0 Å². The molecule has 1 rings (SSSR count). The molecule has 2 N–H and O–H groups in total. The Bertz CT molecular complexity index is 266. The molecule has 1 unspecified atom stereocenters. The summed E-state index contributed by atoms with van der Waals surface area (Å²) in [6.45, 7) is 6.39. The van der Waals surface area contributed by atoms with E-state index in [1.807, 2.05) is 7.05 Å². The quantitative estimate of drug-likeness (QED) is 0.741. The van der Waals surface area contributed by atoms with Crippen molar-refractivity contribution < 1.29 is 0 Å². The van der Waals surface area contributed by atoms with Crippen molar-refractivity contribution in [3.8, 4) is 0 Å². The second kappa shape index (κ2) is 6.59. The topological polar surface area (TPSA) is 24.1 Å². The van der Waals surface area contributed by atoms with Crippen LogP contribution in [0, 0.1) is 6.92 Å². The summed E-state index contributed by atoms with van der Waals surface area (Å²) in [5.41, 5.74) is 2.74. The SMILES string of the molecule is CNCC(C)NCCc1ccc(C)cc1. The van der Waals surface area contributed by atoms with Gasteiger partial charge in [0, 0.05) is 12.6 Å². The fourth-order valence-corrected chi connectivity index (χ4v) is 1.60. The first kappa shape index (κ1) is 12.2. The van der Waals surface area contributed by atoms with Crippen LogP contribution < -0.4 is 10.6 Å². The van der Waals surface area contributed by atoms with Crippen molar-refractivity contribution in [2.45, 2.75) is 26.3 Å². The summed E-state index contributed by atoms with van der Waals surface area (Å²) < 4.78 is 0. The minimum absolute atomic E-state index is 0.542. The van der Waals surface area contributed by atoms with E-state index in [-0.39, 0.29) is 0 Å². The van der Waals surface area contributed by atoms with Crippen molar-refractivity contribution in [1.29, 1.82) is 0 Å². The molecule has 0 amide bonds. The van der Waals surface area contributed by atoms with Crippen molar-refractivity contribution in [3.05, 3.63) is 35.4 Å². The van der Waals surface area contributed by atoms with Crippen LogP contribution in [0.5, 0.6) is 0 Å². The maximum Gasteiger partial charge on any atom is 0.0164 e. The van der Waals surface area contributed by atoms with Crippen molar-refractivity contribution in [1.82, 2.24) is 10.6 Å². The van der Waals surface area contributed by atoms with Crippen molar-refractivity contribution in [2.75, 3.05) is 20.1 Å². The van der Waals surface area contributed by atoms with E-state index in [9.17, 15) is 0 Å². The van der Waals surface area contributed by atoms with E-state index in [1.165, 1.54) is 11.1 Å². The van der Waals surface area contributed by atoms with E-state index < -0.39 is 0 Å². The molecule has 2 heteroatoms. The van der Waals surface area contributed by atoms with Gasteiger partial charge in [0.15, 0.2) is 0 Å². The Hall–Kier alpha value is -0.860. The normalized spacial score (nSPS) is 12.7. The maximum atomic E-state index is 3.48. The lowest BCUT2D eigenvalue weighted by atomic mass is 10.1. The predicted molar refractivity (Wildman–Crippen MR) is 66.3 cm³/mol. The number of hydrogen-bond acceptors (Lipinski definition) is 2. The zero-order chi connectivity index (χ0) is 11.1. The second-order valence-electron chi connectivity index (χ2n) is 4.15. The molecule has 0 radical (unpaired) electrons. The van der Waals surface area contributed by atoms with Gasteiger partial charge < -0.3 is 10.6 Å². The van der Waals surface area contributed by atoms with Crippen LogP contribution in [0.1, 0.15) is 18.1 Å². The molecule has 15 heavy (non-hydrogen) atoms. The largest absolute Gasteiger partial charge is 0.318 e. The van der Waals surface area contributed by atoms with Crippen LogP contribution in [-0.2, 0) is 6.42 Å². The van der Waals surface area contributed by atoms with Gasteiger partial charge in [0.1, 0.15) is 0 Å². The molecular weight excluding hydrogens is 184 g/mol. The van der Waals surface area contributed by atoms with Crippen molar-refractivity contribution >= 4 is 0 Å². The molecule has 0 heterocycles. The number of rotatable bonds is 6. The summed E-state index contributed by atoms with van der Waals surface area (Å²) in [6, 6.07) is 9.30. The molecule has 0 saturated heterocycles. The molecular formula is C13H22N2. The zero-order valence-corrected chi connectivity index (χ0v) is 10.0. The van der Waals surface area contributed by atoms with Gasteiger partial charge in [-0.25, -0.2) is 0 Å². The minimum atomic E-state index is 0.542. The maximum absolute atomic E-state index is 3.48. The van der Waals surface area contributed by atoms with E-state index in [0.717, 1.165) is 19.5 Å². The zero-order valence-electron chi connectivity index (χ0n) is 10.0. The third-order valence-electron chi connectivity index (χ3n) is 2.54. The van der Waals surface area contributed by atoms with E-state index in [1.54, 1.807) is 0 Å². The van der Waals surface area contributed by atoms with Crippen molar-refractivity contribution in [2.24, 2.45) is 0 Å². The van der Waals surface area contributed by atoms with Gasteiger partial charge in [-0.1, -0.05) is 29.8 Å². The summed E-state index contributed by atoms with van der Waals surface area (Å²) >= 11 is 0. The van der Waals surface area contributed by atoms with E-state index in [2.05, 4.69) is 48.7 Å². The van der Waals surface area contributed by atoms with Gasteiger partial charge >= 0.3 is 0 Å². The van der Waals surface area contributed by atoms with Gasteiger partial charge in [-0.2, -0.15) is 0 Å². The van der Waals surface area contributed by atoms with Crippen LogP contribution >= 0.6 is 0 Å². The molecule has 0 fully saturated rings. The molecule has 2 nitrogen and oxygen atoms in total. The molecule has 0 aliphatic heterocycles. The summed E-state index contributed by atoms with van der Waals surface area (Å²) in [5.74, 6) is 0. The van der Waals surface area contributed by atoms with Crippen LogP contribution in [0.4, 0.5) is 0 Å². The lowest BCUT2D eigenvalue weighted by Crippen LogP contribution is -2.35. The molecule has 0 aliphatic rings. The number of hydrogen-bond donors (Lipinski definition) is 2. The lowest BCUT2D eigenvalue weighted by molar-refractivity contribution is 0.526. The van der Waals surface area contributed by atoms with Gasteiger partial charge in [0.05, 0.1) is 0 Å². The molecule has 0 spiro atoms. The highest BCUT2D eigenvalue weighted by atomic mass is 15.0.